The van der Waals surface area contributed by atoms with Gasteiger partial charge in [-0.05, 0) is 53.3 Å². The molecule has 4 aromatic carbocycles. The van der Waals surface area contributed by atoms with E-state index >= 15 is 0 Å². The van der Waals surface area contributed by atoms with Crippen LogP contribution in [0.3, 0.4) is 0 Å². The molecule has 2 heterocycles. The van der Waals surface area contributed by atoms with E-state index in [1.807, 2.05) is 42.5 Å². The quantitative estimate of drug-likeness (QED) is 0.245. The van der Waals surface area contributed by atoms with Gasteiger partial charge in [0, 0.05) is 43.3 Å². The molecule has 1 saturated heterocycles. The summed E-state index contributed by atoms with van der Waals surface area (Å²) in [6.45, 7) is 2.23. The van der Waals surface area contributed by atoms with Crippen LogP contribution in [0, 0.1) is 5.92 Å². The van der Waals surface area contributed by atoms with E-state index in [1.54, 1.807) is 17.5 Å². The van der Waals surface area contributed by atoms with Crippen molar-refractivity contribution < 1.29 is 13.2 Å². The molecule has 0 spiro atoms. The lowest BCUT2D eigenvalue weighted by molar-refractivity contribution is 0.156. The summed E-state index contributed by atoms with van der Waals surface area (Å²) in [6, 6.07) is 34.9. The number of nitrogens with one attached hydrogen (secondary N) is 1. The Morgan fingerprint density at radius 3 is 2.12 bits per heavy atom. The second-order valence-corrected chi connectivity index (χ2v) is 13.6. The molecule has 0 bridgehead atoms. The van der Waals surface area contributed by atoms with E-state index in [2.05, 4.69) is 77.0 Å². The highest BCUT2D eigenvalue weighted by molar-refractivity contribution is 7.89. The molecular weight excluding hydrogens is 554 g/mol. The van der Waals surface area contributed by atoms with Gasteiger partial charge < -0.3 is 10.1 Å². The van der Waals surface area contributed by atoms with Crippen molar-refractivity contribution in [3.05, 3.63) is 138 Å². The lowest BCUT2D eigenvalue weighted by atomic mass is 9.77. The van der Waals surface area contributed by atoms with Crippen LogP contribution in [0.25, 0.3) is 0 Å². The minimum atomic E-state index is -3.64. The summed E-state index contributed by atoms with van der Waals surface area (Å²) in [7, 11) is -1.94. The first-order valence-electron chi connectivity index (χ1n) is 15.1. The fourth-order valence-electron chi connectivity index (χ4n) is 7.20. The first kappa shape index (κ1) is 27.9. The number of allylic oxidation sites excluding steroid dienone is 2. The molecule has 0 radical (unpaired) electrons. The van der Waals surface area contributed by atoms with Gasteiger partial charge in [0.1, 0.15) is 5.75 Å². The van der Waals surface area contributed by atoms with Crippen molar-refractivity contribution in [1.82, 2.24) is 9.21 Å². The summed E-state index contributed by atoms with van der Waals surface area (Å²) in [5, 5.41) is 3.73. The van der Waals surface area contributed by atoms with Crippen molar-refractivity contribution >= 4 is 15.7 Å². The molecule has 3 aliphatic rings. The normalized spacial score (nSPS) is 22.1. The average molecular weight is 592 g/mol. The molecule has 1 N–H and O–H groups in total. The number of sulfonamides is 1. The topological polar surface area (TPSA) is 61.9 Å². The van der Waals surface area contributed by atoms with Crippen molar-refractivity contribution in [2.45, 2.75) is 29.3 Å². The molecule has 1 fully saturated rings. The third-order valence-electron chi connectivity index (χ3n) is 9.32. The van der Waals surface area contributed by atoms with Crippen LogP contribution in [0.5, 0.6) is 5.75 Å². The zero-order valence-electron chi connectivity index (χ0n) is 24.3. The Kier molecular flexibility index (Phi) is 7.55. The van der Waals surface area contributed by atoms with Gasteiger partial charge in [-0.25, -0.2) is 8.42 Å². The number of hydrogen-bond acceptors (Lipinski definition) is 5. The van der Waals surface area contributed by atoms with Gasteiger partial charge in [0.15, 0.2) is 0 Å². The number of benzene rings is 4. The average Bonchev–Trinajstić information content (AvgIpc) is 3.56. The Labute approximate surface area is 254 Å². The molecule has 0 saturated carbocycles. The van der Waals surface area contributed by atoms with Crippen LogP contribution in [-0.2, 0) is 10.0 Å². The third-order valence-corrected chi connectivity index (χ3v) is 11.2. The summed E-state index contributed by atoms with van der Waals surface area (Å²) in [4.78, 5) is 2.78. The molecule has 7 heteroatoms. The van der Waals surface area contributed by atoms with Crippen LogP contribution in [-0.4, -0.2) is 50.9 Å². The van der Waals surface area contributed by atoms with E-state index in [9.17, 15) is 8.42 Å². The first-order chi connectivity index (χ1) is 21.0. The minimum Gasteiger partial charge on any atom is -0.496 e. The number of hydrogen-bond donors (Lipinski definition) is 1. The van der Waals surface area contributed by atoms with Crippen LogP contribution in [0.2, 0.25) is 0 Å². The van der Waals surface area contributed by atoms with Crippen LogP contribution in [0.1, 0.15) is 46.7 Å². The van der Waals surface area contributed by atoms with E-state index in [0.29, 0.717) is 37.0 Å². The minimum absolute atomic E-state index is 0.0846. The fraction of sp³-hybridized carbons (Fsp3) is 0.278. The third kappa shape index (κ3) is 5.16. The lowest BCUT2D eigenvalue weighted by Crippen LogP contribution is -2.49. The summed E-state index contributed by atoms with van der Waals surface area (Å²) < 4.78 is 35.4. The lowest BCUT2D eigenvalue weighted by Gasteiger charge is -2.40. The van der Waals surface area contributed by atoms with E-state index in [0.717, 1.165) is 29.0 Å². The highest BCUT2D eigenvalue weighted by atomic mass is 32.2. The largest absolute Gasteiger partial charge is 0.496 e. The molecule has 6 nitrogen and oxygen atoms in total. The molecule has 3 unspecified atom stereocenters. The van der Waals surface area contributed by atoms with E-state index in [-0.39, 0.29) is 18.0 Å². The van der Waals surface area contributed by atoms with Crippen molar-refractivity contribution in [3.8, 4) is 5.75 Å². The van der Waals surface area contributed by atoms with Crippen LogP contribution >= 0.6 is 0 Å². The first-order valence-corrected chi connectivity index (χ1v) is 16.5. The monoisotopic (exact) mass is 591 g/mol. The standard InChI is InChI=1S/C36H37N3O3S/c1-42-34-18-9-8-15-31(34)35-30-17-10-16-29(30)32-25-28(19-20-33(32)37-35)43(40,41)39-23-21-38(22-24-39)36(26-11-4-2-5-12-26)27-13-6-3-7-14-27/h2-16,18-20,25,29-30,35-37H,17,21-24H2,1H3. The van der Waals surface area contributed by atoms with E-state index in [4.69, 9.17) is 4.74 Å². The zero-order valence-corrected chi connectivity index (χ0v) is 25.2. The maximum atomic E-state index is 14.0. The molecule has 3 atom stereocenters. The number of rotatable bonds is 7. The van der Waals surface area contributed by atoms with Crippen LogP contribution < -0.4 is 10.1 Å². The van der Waals surface area contributed by atoms with Gasteiger partial charge in [-0.15, -0.1) is 0 Å². The number of methoxy groups -OCH3 is 1. The van der Waals surface area contributed by atoms with Crippen molar-refractivity contribution in [2.75, 3.05) is 38.6 Å². The van der Waals surface area contributed by atoms with Gasteiger partial charge in [-0.2, -0.15) is 4.31 Å². The van der Waals surface area contributed by atoms with Crippen molar-refractivity contribution in [1.29, 1.82) is 0 Å². The fourth-order valence-corrected chi connectivity index (χ4v) is 8.66. The van der Waals surface area contributed by atoms with Gasteiger partial charge in [0.05, 0.1) is 24.1 Å². The van der Waals surface area contributed by atoms with Gasteiger partial charge in [0.25, 0.3) is 0 Å². The number of ether oxygens (including phenoxy) is 1. The molecule has 220 valence electrons. The SMILES string of the molecule is COc1ccccc1C1Nc2ccc(S(=O)(=O)N3CCN(C(c4ccccc4)c4ccccc4)CC3)cc2C2C=CCC21. The molecule has 4 aromatic rings. The van der Waals surface area contributed by atoms with Crippen LogP contribution in [0.15, 0.2) is 120 Å². The van der Waals surface area contributed by atoms with Gasteiger partial charge >= 0.3 is 0 Å². The Hall–Kier alpha value is -3.91. The van der Waals surface area contributed by atoms with Gasteiger partial charge in [-0.3, -0.25) is 4.90 Å². The number of nitrogens with zero attached hydrogens (tertiary/aromatic N) is 2. The molecule has 1 aliphatic carbocycles. The Morgan fingerprint density at radius 2 is 1.44 bits per heavy atom. The van der Waals surface area contributed by atoms with Gasteiger partial charge in [-0.1, -0.05) is 91.0 Å². The summed E-state index contributed by atoms with van der Waals surface area (Å²) in [6.07, 6.45) is 5.41. The molecular formula is C36H37N3O3S. The smallest absolute Gasteiger partial charge is 0.243 e. The van der Waals surface area contributed by atoms with Gasteiger partial charge in [0.2, 0.25) is 10.0 Å². The Balaban J connectivity index is 1.12. The predicted octanol–water partition coefficient (Wildman–Crippen LogP) is 6.62. The van der Waals surface area contributed by atoms with E-state index in [1.165, 1.54) is 11.1 Å². The number of para-hydroxylation sites is 1. The van der Waals surface area contributed by atoms with Crippen LogP contribution in [0.4, 0.5) is 5.69 Å². The molecule has 2 aliphatic heterocycles. The maximum Gasteiger partial charge on any atom is 0.243 e. The number of piperazine rings is 1. The molecule has 0 aromatic heterocycles. The highest BCUT2D eigenvalue weighted by Crippen LogP contribution is 2.51. The zero-order chi connectivity index (χ0) is 29.4. The molecule has 43 heavy (non-hydrogen) atoms. The number of anilines is 1. The second-order valence-electron chi connectivity index (χ2n) is 11.6. The Morgan fingerprint density at radius 1 is 0.791 bits per heavy atom. The van der Waals surface area contributed by atoms with E-state index < -0.39 is 10.0 Å². The summed E-state index contributed by atoms with van der Waals surface area (Å²) in [5.74, 6) is 1.31. The molecule has 0 amide bonds. The Bertz CT molecular complexity index is 1680. The van der Waals surface area contributed by atoms with Crippen molar-refractivity contribution in [3.63, 3.8) is 0 Å². The molecule has 7 rings (SSSR count). The predicted molar refractivity (Wildman–Crippen MR) is 171 cm³/mol. The van der Waals surface area contributed by atoms with Crippen molar-refractivity contribution in [2.24, 2.45) is 5.92 Å². The number of fused-ring (bicyclic) bond motifs is 3. The summed E-state index contributed by atoms with van der Waals surface area (Å²) >= 11 is 0. The highest BCUT2D eigenvalue weighted by Gasteiger charge is 2.40. The summed E-state index contributed by atoms with van der Waals surface area (Å²) in [5.41, 5.74) is 5.61. The maximum absolute atomic E-state index is 14.0. The second kappa shape index (κ2) is 11.6.